The molecule has 0 aromatic carbocycles. The van der Waals surface area contributed by atoms with Crippen LogP contribution in [0.3, 0.4) is 0 Å². The molecule has 0 aromatic rings. The number of carbonyl (C=O) groups is 1. The van der Waals surface area contributed by atoms with Crippen LogP contribution < -0.4 is 0 Å². The van der Waals surface area contributed by atoms with Gasteiger partial charge < -0.3 is 9.90 Å². The number of hydrogen-bond donors (Lipinski definition) is 1. The molecule has 0 aliphatic carbocycles. The molecule has 0 spiro atoms. The van der Waals surface area contributed by atoms with Gasteiger partial charge in [0.25, 0.3) is 0 Å². The third kappa shape index (κ3) is 3.25. The zero-order valence-electron chi connectivity index (χ0n) is 6.00. The molecule has 2 atom stereocenters. The van der Waals surface area contributed by atoms with E-state index in [9.17, 15) is 4.79 Å². The van der Waals surface area contributed by atoms with Gasteiger partial charge in [-0.25, -0.2) is 0 Å². The molecule has 2 heteroatoms. The number of rotatable bonds is 4. The molecule has 0 amide bonds. The maximum atomic E-state index is 10.2. The van der Waals surface area contributed by atoms with Crippen molar-refractivity contribution in [3.8, 4) is 0 Å². The van der Waals surface area contributed by atoms with E-state index in [1.165, 1.54) is 0 Å². The van der Waals surface area contributed by atoms with E-state index in [4.69, 9.17) is 5.11 Å². The quantitative estimate of drug-likeness (QED) is 0.576. The maximum absolute atomic E-state index is 10.2. The molecule has 0 saturated carbocycles. The Balaban J connectivity index is 3.54. The summed E-state index contributed by atoms with van der Waals surface area (Å²) in [5, 5.41) is 8.91. The lowest BCUT2D eigenvalue weighted by atomic mass is 10.0. The largest absolute Gasteiger partial charge is 0.393 e. The fourth-order valence-corrected chi connectivity index (χ4v) is 0.756. The molecule has 0 saturated heterocycles. The van der Waals surface area contributed by atoms with Crippen molar-refractivity contribution in [3.05, 3.63) is 0 Å². The van der Waals surface area contributed by atoms with Crippen LogP contribution in [-0.4, -0.2) is 17.5 Å². The summed E-state index contributed by atoms with van der Waals surface area (Å²) in [5.74, 6) is -0.157. The summed E-state index contributed by atoms with van der Waals surface area (Å²) >= 11 is 0. The summed E-state index contributed by atoms with van der Waals surface area (Å²) in [6, 6.07) is 0. The Morgan fingerprint density at radius 2 is 2.22 bits per heavy atom. The van der Waals surface area contributed by atoms with Crippen LogP contribution in [0.1, 0.15) is 26.7 Å². The highest BCUT2D eigenvalue weighted by Gasteiger charge is 2.11. The van der Waals surface area contributed by atoms with E-state index in [1.807, 2.05) is 6.92 Å². The fraction of sp³-hybridized carbons (Fsp3) is 0.857. The van der Waals surface area contributed by atoms with Gasteiger partial charge in [-0.05, 0) is 13.3 Å². The van der Waals surface area contributed by atoms with E-state index in [1.54, 1.807) is 6.92 Å². The first-order chi connectivity index (χ1) is 4.22. The van der Waals surface area contributed by atoms with Gasteiger partial charge in [0, 0.05) is 5.92 Å². The summed E-state index contributed by atoms with van der Waals surface area (Å²) in [4.78, 5) is 10.2. The molecule has 2 nitrogen and oxygen atoms in total. The van der Waals surface area contributed by atoms with Gasteiger partial charge in [0.05, 0.1) is 6.10 Å². The molecule has 54 valence electrons. The summed E-state index contributed by atoms with van der Waals surface area (Å²) in [7, 11) is 0. The second-order valence-corrected chi connectivity index (χ2v) is 2.33. The summed E-state index contributed by atoms with van der Waals surface area (Å²) in [6.07, 6.45) is 2.09. The second kappa shape index (κ2) is 4.50. The standard InChI is InChI=1S/C7H14O2/c1-3-4-7(5-8)6(2)9/h5-7,9H,3-4H2,1-2H3. The lowest BCUT2D eigenvalue weighted by Crippen LogP contribution is -2.17. The lowest BCUT2D eigenvalue weighted by Gasteiger charge is -2.10. The van der Waals surface area contributed by atoms with Crippen molar-refractivity contribution in [2.45, 2.75) is 32.8 Å². The van der Waals surface area contributed by atoms with Gasteiger partial charge in [-0.15, -0.1) is 0 Å². The molecule has 0 bridgehead atoms. The molecule has 1 N–H and O–H groups in total. The predicted octanol–water partition coefficient (Wildman–Crippen LogP) is 0.982. The third-order valence-corrected chi connectivity index (χ3v) is 1.42. The average Bonchev–Trinajstić information content (AvgIpc) is 1.82. The van der Waals surface area contributed by atoms with Crippen LogP contribution in [0.25, 0.3) is 0 Å². The number of hydrogen-bond acceptors (Lipinski definition) is 2. The number of aliphatic hydroxyl groups excluding tert-OH is 1. The minimum absolute atomic E-state index is 0.157. The Hall–Kier alpha value is -0.370. The number of aldehydes is 1. The third-order valence-electron chi connectivity index (χ3n) is 1.42. The highest BCUT2D eigenvalue weighted by atomic mass is 16.3. The highest BCUT2D eigenvalue weighted by Crippen LogP contribution is 2.07. The maximum Gasteiger partial charge on any atom is 0.125 e. The molecule has 0 heterocycles. The molecule has 0 aliphatic heterocycles. The minimum atomic E-state index is -0.484. The molecule has 0 rings (SSSR count). The van der Waals surface area contributed by atoms with Crippen LogP contribution in [0.5, 0.6) is 0 Å². The summed E-state index contributed by atoms with van der Waals surface area (Å²) in [5.41, 5.74) is 0. The zero-order valence-corrected chi connectivity index (χ0v) is 6.00. The van der Waals surface area contributed by atoms with Crippen molar-refractivity contribution >= 4 is 6.29 Å². The Labute approximate surface area is 55.9 Å². The van der Waals surface area contributed by atoms with Crippen molar-refractivity contribution in [3.63, 3.8) is 0 Å². The lowest BCUT2D eigenvalue weighted by molar-refractivity contribution is -0.114. The smallest absolute Gasteiger partial charge is 0.125 e. The van der Waals surface area contributed by atoms with Gasteiger partial charge in [0.2, 0.25) is 0 Å². The Morgan fingerprint density at radius 3 is 2.33 bits per heavy atom. The number of carbonyl (C=O) groups excluding carboxylic acids is 1. The van der Waals surface area contributed by atoms with Crippen molar-refractivity contribution in [1.82, 2.24) is 0 Å². The van der Waals surface area contributed by atoms with Gasteiger partial charge in [-0.3, -0.25) is 0 Å². The van der Waals surface area contributed by atoms with E-state index >= 15 is 0 Å². The van der Waals surface area contributed by atoms with Gasteiger partial charge in [0.1, 0.15) is 6.29 Å². The van der Waals surface area contributed by atoms with Gasteiger partial charge in [0.15, 0.2) is 0 Å². The Kier molecular flexibility index (Phi) is 4.32. The van der Waals surface area contributed by atoms with Gasteiger partial charge in [-0.2, -0.15) is 0 Å². The summed E-state index contributed by atoms with van der Waals surface area (Å²) in [6.45, 7) is 3.65. The first-order valence-electron chi connectivity index (χ1n) is 3.35. The van der Waals surface area contributed by atoms with Crippen LogP contribution in [-0.2, 0) is 4.79 Å². The van der Waals surface area contributed by atoms with E-state index < -0.39 is 6.10 Å². The van der Waals surface area contributed by atoms with Crippen molar-refractivity contribution in [2.75, 3.05) is 0 Å². The second-order valence-electron chi connectivity index (χ2n) is 2.33. The Morgan fingerprint density at radius 1 is 1.67 bits per heavy atom. The molecule has 2 unspecified atom stereocenters. The van der Waals surface area contributed by atoms with Crippen LogP contribution in [0.4, 0.5) is 0 Å². The van der Waals surface area contributed by atoms with Crippen molar-refractivity contribution in [1.29, 1.82) is 0 Å². The van der Waals surface area contributed by atoms with Crippen molar-refractivity contribution in [2.24, 2.45) is 5.92 Å². The molecule has 0 aromatic heterocycles. The van der Waals surface area contributed by atoms with Crippen LogP contribution in [0, 0.1) is 5.92 Å². The number of aliphatic hydroxyl groups is 1. The van der Waals surface area contributed by atoms with E-state index in [-0.39, 0.29) is 5.92 Å². The van der Waals surface area contributed by atoms with Crippen LogP contribution in [0.2, 0.25) is 0 Å². The first kappa shape index (κ1) is 8.63. The van der Waals surface area contributed by atoms with Crippen molar-refractivity contribution < 1.29 is 9.90 Å². The fourth-order valence-electron chi connectivity index (χ4n) is 0.756. The molecule has 0 fully saturated rings. The predicted molar refractivity (Wildman–Crippen MR) is 36.1 cm³/mol. The van der Waals surface area contributed by atoms with E-state index in [2.05, 4.69) is 0 Å². The van der Waals surface area contributed by atoms with Crippen LogP contribution >= 0.6 is 0 Å². The summed E-state index contributed by atoms with van der Waals surface area (Å²) < 4.78 is 0. The molecular formula is C7H14O2. The van der Waals surface area contributed by atoms with Gasteiger partial charge >= 0.3 is 0 Å². The molecular weight excluding hydrogens is 116 g/mol. The van der Waals surface area contributed by atoms with E-state index in [0.29, 0.717) is 0 Å². The van der Waals surface area contributed by atoms with Crippen LogP contribution in [0.15, 0.2) is 0 Å². The molecule has 9 heavy (non-hydrogen) atoms. The first-order valence-corrected chi connectivity index (χ1v) is 3.35. The van der Waals surface area contributed by atoms with E-state index in [0.717, 1.165) is 19.1 Å². The average molecular weight is 130 g/mol. The SMILES string of the molecule is CCCC(C=O)C(C)O. The monoisotopic (exact) mass is 130 g/mol. The normalized spacial score (nSPS) is 16.8. The highest BCUT2D eigenvalue weighted by molar-refractivity contribution is 5.54. The van der Waals surface area contributed by atoms with Gasteiger partial charge in [-0.1, -0.05) is 13.3 Å². The topological polar surface area (TPSA) is 37.3 Å². The Bertz CT molecular complexity index is 79.0. The minimum Gasteiger partial charge on any atom is -0.393 e. The molecule has 0 aliphatic rings. The molecule has 0 radical (unpaired) electrons. The zero-order chi connectivity index (χ0) is 7.28.